The van der Waals surface area contributed by atoms with Crippen molar-refractivity contribution < 1.29 is 9.21 Å². The number of carbonyl (C=O) groups is 1. The minimum absolute atomic E-state index is 0.0319. The normalized spacial score (nSPS) is 15.2. The lowest BCUT2D eigenvalue weighted by atomic mass is 10.2. The highest BCUT2D eigenvalue weighted by Crippen LogP contribution is 2.20. The van der Waals surface area contributed by atoms with Crippen molar-refractivity contribution in [3.8, 4) is 0 Å². The molecule has 7 nitrogen and oxygen atoms in total. The van der Waals surface area contributed by atoms with Gasteiger partial charge in [-0.25, -0.2) is 4.98 Å². The predicted molar refractivity (Wildman–Crippen MR) is 128 cm³/mol. The highest BCUT2D eigenvalue weighted by atomic mass is 16.3. The van der Waals surface area contributed by atoms with Gasteiger partial charge in [-0.1, -0.05) is 42.5 Å². The maximum atomic E-state index is 12.3. The minimum atomic E-state index is 0.0319. The molecule has 1 aliphatic heterocycles. The van der Waals surface area contributed by atoms with E-state index in [2.05, 4.69) is 62.1 Å². The first-order valence-corrected chi connectivity index (χ1v) is 11.5. The maximum Gasteiger partial charge on any atom is 0.234 e. The number of imidazole rings is 1. The number of nitrogens with zero attached hydrogens (tertiary/aromatic N) is 4. The summed E-state index contributed by atoms with van der Waals surface area (Å²) < 4.78 is 7.60. The van der Waals surface area contributed by atoms with E-state index < -0.39 is 0 Å². The van der Waals surface area contributed by atoms with Gasteiger partial charge in [-0.15, -0.1) is 0 Å². The van der Waals surface area contributed by atoms with E-state index in [9.17, 15) is 4.79 Å². The molecule has 1 aliphatic rings. The average molecular weight is 444 g/mol. The molecule has 0 unspecified atom stereocenters. The topological polar surface area (TPSA) is 66.5 Å². The Bertz CT molecular complexity index is 1180. The van der Waals surface area contributed by atoms with Gasteiger partial charge in [-0.2, -0.15) is 0 Å². The molecule has 7 heteroatoms. The second-order valence-electron chi connectivity index (χ2n) is 8.50. The van der Waals surface area contributed by atoms with Gasteiger partial charge < -0.3 is 14.3 Å². The van der Waals surface area contributed by atoms with Crippen molar-refractivity contribution in [1.82, 2.24) is 24.7 Å². The van der Waals surface area contributed by atoms with E-state index in [-0.39, 0.29) is 5.91 Å². The zero-order valence-corrected chi connectivity index (χ0v) is 18.7. The Labute approximate surface area is 193 Å². The molecule has 2 aromatic heterocycles. The molecular weight excluding hydrogens is 414 g/mol. The summed E-state index contributed by atoms with van der Waals surface area (Å²) in [5.41, 5.74) is 3.48. The molecule has 0 bridgehead atoms. The first-order chi connectivity index (χ1) is 16.2. The van der Waals surface area contributed by atoms with Gasteiger partial charge in [0.15, 0.2) is 0 Å². The summed E-state index contributed by atoms with van der Waals surface area (Å²) >= 11 is 0. The summed E-state index contributed by atoms with van der Waals surface area (Å²) in [5.74, 6) is 1.89. The third kappa shape index (κ3) is 5.32. The summed E-state index contributed by atoms with van der Waals surface area (Å²) in [5, 5.41) is 2.93. The number of para-hydroxylation sites is 2. The van der Waals surface area contributed by atoms with Crippen LogP contribution in [-0.4, -0.2) is 58.0 Å². The quantitative estimate of drug-likeness (QED) is 0.453. The van der Waals surface area contributed by atoms with E-state index in [1.807, 2.05) is 24.3 Å². The second kappa shape index (κ2) is 10.0. The van der Waals surface area contributed by atoms with Gasteiger partial charge in [0.2, 0.25) is 5.91 Å². The zero-order chi connectivity index (χ0) is 22.5. The van der Waals surface area contributed by atoms with Crippen LogP contribution in [0.2, 0.25) is 0 Å². The van der Waals surface area contributed by atoms with E-state index in [0.717, 1.165) is 56.4 Å². The van der Waals surface area contributed by atoms with Crippen LogP contribution in [-0.2, 0) is 24.4 Å². The molecule has 3 heterocycles. The summed E-state index contributed by atoms with van der Waals surface area (Å²) in [6.45, 7) is 6.04. The Morgan fingerprint density at radius 3 is 2.42 bits per heavy atom. The fourth-order valence-corrected chi connectivity index (χ4v) is 4.35. The van der Waals surface area contributed by atoms with Gasteiger partial charge in [-0.3, -0.25) is 14.6 Å². The molecule has 33 heavy (non-hydrogen) atoms. The molecule has 1 saturated heterocycles. The molecular formula is C26H29N5O2. The van der Waals surface area contributed by atoms with Crippen LogP contribution in [0.25, 0.3) is 11.0 Å². The van der Waals surface area contributed by atoms with Gasteiger partial charge in [0.1, 0.15) is 11.6 Å². The molecule has 4 aromatic rings. The molecule has 0 aliphatic carbocycles. The minimum Gasteiger partial charge on any atom is -0.467 e. The lowest BCUT2D eigenvalue weighted by Gasteiger charge is -2.34. The number of aromatic nitrogens is 2. The Balaban J connectivity index is 1.19. The van der Waals surface area contributed by atoms with E-state index in [0.29, 0.717) is 13.1 Å². The number of fused-ring (bicyclic) bond motifs is 1. The predicted octanol–water partition coefficient (Wildman–Crippen LogP) is 3.11. The zero-order valence-electron chi connectivity index (χ0n) is 18.7. The molecule has 0 atom stereocenters. The van der Waals surface area contributed by atoms with Gasteiger partial charge in [0.05, 0.1) is 36.9 Å². The first kappa shape index (κ1) is 21.4. The largest absolute Gasteiger partial charge is 0.467 e. The molecule has 0 radical (unpaired) electrons. The fourth-order valence-electron chi connectivity index (χ4n) is 4.35. The van der Waals surface area contributed by atoms with Gasteiger partial charge in [0.25, 0.3) is 0 Å². The van der Waals surface area contributed by atoms with E-state index in [1.54, 1.807) is 6.26 Å². The Morgan fingerprint density at radius 1 is 0.879 bits per heavy atom. The van der Waals surface area contributed by atoms with E-state index in [1.165, 1.54) is 11.1 Å². The van der Waals surface area contributed by atoms with Gasteiger partial charge in [0, 0.05) is 32.7 Å². The van der Waals surface area contributed by atoms with Crippen molar-refractivity contribution in [1.29, 1.82) is 0 Å². The SMILES string of the molecule is O=C(CN1CCN(Cc2nc3ccccc3n2Cc2ccccc2)CC1)NCc1ccco1. The van der Waals surface area contributed by atoms with E-state index >= 15 is 0 Å². The smallest absolute Gasteiger partial charge is 0.234 e. The van der Waals surface area contributed by atoms with Crippen LogP contribution in [0.15, 0.2) is 77.4 Å². The number of amides is 1. The van der Waals surface area contributed by atoms with E-state index in [4.69, 9.17) is 9.40 Å². The second-order valence-corrected chi connectivity index (χ2v) is 8.50. The number of hydrogen-bond acceptors (Lipinski definition) is 5. The number of carbonyl (C=O) groups excluding carboxylic acids is 1. The number of piperazine rings is 1. The summed E-state index contributed by atoms with van der Waals surface area (Å²) in [6, 6.07) is 22.6. The maximum absolute atomic E-state index is 12.3. The van der Waals surface area contributed by atoms with Gasteiger partial charge >= 0.3 is 0 Å². The van der Waals surface area contributed by atoms with Crippen LogP contribution in [0.1, 0.15) is 17.1 Å². The van der Waals surface area contributed by atoms with Crippen LogP contribution < -0.4 is 5.32 Å². The molecule has 0 spiro atoms. The van der Waals surface area contributed by atoms with Crippen LogP contribution in [0.5, 0.6) is 0 Å². The highest BCUT2D eigenvalue weighted by molar-refractivity contribution is 5.78. The molecule has 170 valence electrons. The monoisotopic (exact) mass is 443 g/mol. The van der Waals surface area contributed by atoms with Crippen molar-refractivity contribution in [2.24, 2.45) is 0 Å². The molecule has 2 aromatic carbocycles. The van der Waals surface area contributed by atoms with Crippen molar-refractivity contribution in [3.63, 3.8) is 0 Å². The summed E-state index contributed by atoms with van der Waals surface area (Å²) in [4.78, 5) is 21.9. The summed E-state index contributed by atoms with van der Waals surface area (Å²) in [7, 11) is 0. The van der Waals surface area contributed by atoms with Crippen molar-refractivity contribution in [2.45, 2.75) is 19.6 Å². The van der Waals surface area contributed by atoms with Crippen LogP contribution in [0, 0.1) is 0 Å². The van der Waals surface area contributed by atoms with Crippen LogP contribution in [0.4, 0.5) is 0 Å². The Hall–Kier alpha value is -3.42. The number of benzene rings is 2. The lowest BCUT2D eigenvalue weighted by Crippen LogP contribution is -2.49. The van der Waals surface area contributed by atoms with Crippen LogP contribution >= 0.6 is 0 Å². The number of nitrogens with one attached hydrogen (secondary N) is 1. The standard InChI is InChI=1S/C26H29N5O2/c32-26(27-17-22-9-6-16-33-22)20-30-14-12-29(13-15-30)19-25-28-23-10-4-5-11-24(23)31(25)18-21-7-2-1-3-8-21/h1-11,16H,12-15,17-20H2,(H,27,32). The highest BCUT2D eigenvalue weighted by Gasteiger charge is 2.21. The number of rotatable bonds is 8. The first-order valence-electron chi connectivity index (χ1n) is 11.5. The average Bonchev–Trinajstić information content (AvgIpc) is 3.48. The summed E-state index contributed by atoms with van der Waals surface area (Å²) in [6.07, 6.45) is 1.62. The molecule has 1 fully saturated rings. The van der Waals surface area contributed by atoms with Crippen molar-refractivity contribution in [3.05, 3.63) is 90.1 Å². The van der Waals surface area contributed by atoms with Crippen LogP contribution in [0.3, 0.4) is 0 Å². The Morgan fingerprint density at radius 2 is 1.64 bits per heavy atom. The Kier molecular flexibility index (Phi) is 6.51. The molecule has 1 amide bonds. The molecule has 0 saturated carbocycles. The molecule has 1 N–H and O–H groups in total. The third-order valence-electron chi connectivity index (χ3n) is 6.15. The third-order valence-corrected chi connectivity index (χ3v) is 6.15. The number of hydrogen-bond donors (Lipinski definition) is 1. The number of furan rings is 1. The molecule has 5 rings (SSSR count). The van der Waals surface area contributed by atoms with Gasteiger partial charge in [-0.05, 0) is 29.8 Å². The van der Waals surface area contributed by atoms with Crippen molar-refractivity contribution >= 4 is 16.9 Å². The lowest BCUT2D eigenvalue weighted by molar-refractivity contribution is -0.122. The van der Waals surface area contributed by atoms with Crippen molar-refractivity contribution in [2.75, 3.05) is 32.7 Å². The fraction of sp³-hybridized carbons (Fsp3) is 0.308.